The summed E-state index contributed by atoms with van der Waals surface area (Å²) in [4.78, 5) is 0. The Morgan fingerprint density at radius 1 is 1.07 bits per heavy atom. The molecule has 1 saturated carbocycles. The van der Waals surface area contributed by atoms with Gasteiger partial charge in [0.15, 0.2) is 0 Å². The van der Waals surface area contributed by atoms with Gasteiger partial charge in [-0.1, -0.05) is 18.6 Å². The van der Waals surface area contributed by atoms with E-state index in [0.717, 1.165) is 30.4 Å². The van der Waals surface area contributed by atoms with Crippen LogP contribution in [0.1, 0.15) is 42.4 Å². The highest BCUT2D eigenvalue weighted by atomic mass is 32.2. The minimum atomic E-state index is -5.70. The molecule has 2 aromatic carbocycles. The number of fused-ring (bicyclic) bond motifs is 3. The Balaban J connectivity index is 1.60. The third kappa shape index (κ3) is 3.28. The summed E-state index contributed by atoms with van der Waals surface area (Å²) in [6, 6.07) is 10.4. The summed E-state index contributed by atoms with van der Waals surface area (Å²) < 4.78 is 69.9. The van der Waals surface area contributed by atoms with E-state index in [1.54, 1.807) is 18.2 Å². The summed E-state index contributed by atoms with van der Waals surface area (Å²) in [5.41, 5.74) is -3.79. The van der Waals surface area contributed by atoms with E-state index in [1.165, 1.54) is 24.3 Å². The molecule has 9 heteroatoms. The highest BCUT2D eigenvalue weighted by molar-refractivity contribution is 7.88. The maximum absolute atomic E-state index is 12.5. The lowest BCUT2D eigenvalue weighted by Crippen LogP contribution is -2.28. The lowest BCUT2D eigenvalue weighted by Gasteiger charge is -2.36. The maximum Gasteiger partial charge on any atom is 0.534 e. The number of hydrogen-bond acceptors (Lipinski definition) is 5. The van der Waals surface area contributed by atoms with Crippen LogP contribution >= 0.6 is 0 Å². The predicted octanol–water partition coefficient (Wildman–Crippen LogP) is 4.64. The largest absolute Gasteiger partial charge is 0.534 e. The molecule has 1 fully saturated rings. The van der Waals surface area contributed by atoms with Crippen LogP contribution in [0.2, 0.25) is 0 Å². The SMILES string of the molecule is O=S(=O)(Oc1ccc([C@H]2Oc3ccc(O)cc3[C@H]3CCC[C@H]32)cc1)C(F)(F)F. The molecule has 1 aliphatic heterocycles. The average molecular weight is 414 g/mol. The van der Waals surface area contributed by atoms with Crippen LogP contribution in [0, 0.1) is 5.92 Å². The molecule has 1 N–H and O–H groups in total. The molecule has 0 bridgehead atoms. The van der Waals surface area contributed by atoms with Gasteiger partial charge in [-0.15, -0.1) is 0 Å². The molecule has 3 atom stereocenters. The van der Waals surface area contributed by atoms with Gasteiger partial charge in [0.1, 0.15) is 23.4 Å². The highest BCUT2D eigenvalue weighted by Crippen LogP contribution is 2.54. The topological polar surface area (TPSA) is 72.8 Å². The summed E-state index contributed by atoms with van der Waals surface area (Å²) >= 11 is 0. The number of aromatic hydroxyl groups is 1. The highest BCUT2D eigenvalue weighted by Gasteiger charge is 2.48. The van der Waals surface area contributed by atoms with E-state index in [4.69, 9.17) is 4.74 Å². The van der Waals surface area contributed by atoms with Gasteiger partial charge in [0.05, 0.1) is 0 Å². The van der Waals surface area contributed by atoms with Crippen LogP contribution in [0.25, 0.3) is 0 Å². The second kappa shape index (κ2) is 6.58. The molecule has 0 spiro atoms. The van der Waals surface area contributed by atoms with Crippen LogP contribution in [0.4, 0.5) is 13.2 Å². The van der Waals surface area contributed by atoms with Crippen molar-refractivity contribution in [2.24, 2.45) is 5.92 Å². The van der Waals surface area contributed by atoms with Crippen LogP contribution in [-0.2, 0) is 10.1 Å². The van der Waals surface area contributed by atoms with Crippen molar-refractivity contribution in [3.05, 3.63) is 53.6 Å². The quantitative estimate of drug-likeness (QED) is 0.585. The third-order valence-corrected chi connectivity index (χ3v) is 6.28. The molecule has 150 valence electrons. The number of phenols is 1. The minimum absolute atomic E-state index is 0.167. The molecule has 0 radical (unpaired) electrons. The van der Waals surface area contributed by atoms with E-state index in [-0.39, 0.29) is 23.7 Å². The van der Waals surface area contributed by atoms with Gasteiger partial charge in [-0.25, -0.2) is 0 Å². The number of halogens is 3. The fraction of sp³-hybridized carbons (Fsp3) is 0.368. The van der Waals surface area contributed by atoms with Crippen LogP contribution in [0.5, 0.6) is 17.2 Å². The molecular weight excluding hydrogens is 397 g/mol. The van der Waals surface area contributed by atoms with Gasteiger partial charge < -0.3 is 14.0 Å². The molecule has 1 heterocycles. The zero-order valence-electron chi connectivity index (χ0n) is 14.5. The van der Waals surface area contributed by atoms with Gasteiger partial charge in [-0.3, -0.25) is 0 Å². The average Bonchev–Trinajstić information content (AvgIpc) is 3.11. The molecule has 0 saturated heterocycles. The van der Waals surface area contributed by atoms with Crippen molar-refractivity contribution in [1.29, 1.82) is 0 Å². The maximum atomic E-state index is 12.5. The first-order valence-electron chi connectivity index (χ1n) is 8.76. The first-order valence-corrected chi connectivity index (χ1v) is 10.2. The van der Waals surface area contributed by atoms with Gasteiger partial charge in [0.2, 0.25) is 0 Å². The van der Waals surface area contributed by atoms with E-state index < -0.39 is 21.4 Å². The number of benzene rings is 2. The molecule has 0 amide bonds. The Morgan fingerprint density at radius 2 is 1.79 bits per heavy atom. The minimum Gasteiger partial charge on any atom is -0.508 e. The zero-order valence-corrected chi connectivity index (χ0v) is 15.3. The number of phenolic OH excluding ortho intramolecular Hbond substituents is 1. The van der Waals surface area contributed by atoms with Gasteiger partial charge in [0, 0.05) is 11.5 Å². The van der Waals surface area contributed by atoms with E-state index in [1.807, 2.05) is 0 Å². The lowest BCUT2D eigenvalue weighted by molar-refractivity contribution is -0.0500. The van der Waals surface area contributed by atoms with E-state index in [2.05, 4.69) is 4.18 Å². The first-order chi connectivity index (χ1) is 13.2. The number of ether oxygens (including phenoxy) is 1. The van der Waals surface area contributed by atoms with Crippen molar-refractivity contribution in [2.45, 2.75) is 36.8 Å². The van der Waals surface area contributed by atoms with Gasteiger partial charge in [-0.05, 0) is 54.7 Å². The standard InChI is InChI=1S/C19H17F3O5S/c20-19(21,22)28(24,25)27-13-7-4-11(5-8-13)18-15-3-1-2-14(15)16-10-12(23)6-9-17(16)26-18/h4-10,14-15,18,23H,1-3H2/t14-,15+,18+/m0/s1. The zero-order chi connectivity index (χ0) is 20.1. The number of rotatable bonds is 3. The fourth-order valence-electron chi connectivity index (χ4n) is 4.10. The van der Waals surface area contributed by atoms with Crippen molar-refractivity contribution < 1.29 is 35.6 Å². The lowest BCUT2D eigenvalue weighted by atomic mass is 9.80. The summed E-state index contributed by atoms with van der Waals surface area (Å²) in [5, 5.41) is 9.77. The van der Waals surface area contributed by atoms with E-state index in [9.17, 15) is 26.7 Å². The fourth-order valence-corrected chi connectivity index (χ4v) is 4.56. The molecule has 1 aliphatic carbocycles. The number of alkyl halides is 3. The van der Waals surface area contributed by atoms with Gasteiger partial charge in [0.25, 0.3) is 0 Å². The Bertz CT molecular complexity index is 986. The summed E-state index contributed by atoms with van der Waals surface area (Å²) in [7, 11) is -5.70. The Morgan fingerprint density at radius 3 is 2.46 bits per heavy atom. The molecule has 0 unspecified atom stereocenters. The van der Waals surface area contributed by atoms with Crippen LogP contribution in [0.3, 0.4) is 0 Å². The summed E-state index contributed by atoms with van der Waals surface area (Å²) in [6.07, 6.45) is 2.59. The van der Waals surface area contributed by atoms with Crippen LogP contribution in [0.15, 0.2) is 42.5 Å². The van der Waals surface area contributed by atoms with Crippen molar-refractivity contribution in [1.82, 2.24) is 0 Å². The Hall–Kier alpha value is -2.42. The van der Waals surface area contributed by atoms with Crippen molar-refractivity contribution in [3.63, 3.8) is 0 Å². The first kappa shape index (κ1) is 18.9. The van der Waals surface area contributed by atoms with Crippen molar-refractivity contribution in [2.75, 3.05) is 0 Å². The number of hydrogen-bond donors (Lipinski definition) is 1. The van der Waals surface area contributed by atoms with Gasteiger partial charge >= 0.3 is 15.6 Å². The molecule has 4 rings (SSSR count). The summed E-state index contributed by atoms with van der Waals surface area (Å²) in [5.74, 6) is 0.831. The van der Waals surface area contributed by atoms with Gasteiger partial charge in [-0.2, -0.15) is 21.6 Å². The third-order valence-electron chi connectivity index (χ3n) is 5.30. The molecular formula is C19H17F3O5S. The molecule has 5 nitrogen and oxygen atoms in total. The second-order valence-electron chi connectivity index (χ2n) is 7.01. The summed E-state index contributed by atoms with van der Waals surface area (Å²) in [6.45, 7) is 0. The second-order valence-corrected chi connectivity index (χ2v) is 8.55. The van der Waals surface area contributed by atoms with Crippen molar-refractivity contribution >= 4 is 10.1 Å². The monoisotopic (exact) mass is 414 g/mol. The molecule has 2 aliphatic rings. The predicted molar refractivity (Wildman–Crippen MR) is 93.6 cm³/mol. The normalized spacial score (nSPS) is 24.2. The molecule has 0 aromatic heterocycles. The molecule has 28 heavy (non-hydrogen) atoms. The Labute approximate surface area is 159 Å². The van der Waals surface area contributed by atoms with Crippen LogP contribution in [-0.4, -0.2) is 19.0 Å². The Kier molecular flexibility index (Phi) is 4.45. The van der Waals surface area contributed by atoms with Crippen molar-refractivity contribution in [3.8, 4) is 17.2 Å². The molecule has 2 aromatic rings. The van der Waals surface area contributed by atoms with Crippen LogP contribution < -0.4 is 8.92 Å². The smallest absolute Gasteiger partial charge is 0.508 e. The van der Waals surface area contributed by atoms with E-state index in [0.29, 0.717) is 5.75 Å². The van der Waals surface area contributed by atoms with E-state index >= 15 is 0 Å².